The van der Waals surface area contributed by atoms with Crippen molar-refractivity contribution in [2.75, 3.05) is 0 Å². The van der Waals surface area contributed by atoms with Gasteiger partial charge in [-0.15, -0.1) is 11.3 Å². The Balaban J connectivity index is 1.62. The van der Waals surface area contributed by atoms with Crippen LogP contribution in [0.4, 0.5) is 0 Å². The maximum atomic E-state index is 4.67. The molecule has 0 radical (unpaired) electrons. The van der Waals surface area contributed by atoms with Crippen molar-refractivity contribution in [3.63, 3.8) is 0 Å². The Morgan fingerprint density at radius 3 is 3.25 bits per heavy atom. The molecular weight excluding hydrogens is 266 g/mol. The van der Waals surface area contributed by atoms with E-state index < -0.39 is 0 Å². The SMILES string of the molecule is CCC(C)n1ccc(CNC2CCCc3sccc32)n1. The zero-order valence-corrected chi connectivity index (χ0v) is 13.1. The number of thiophene rings is 1. The van der Waals surface area contributed by atoms with Gasteiger partial charge in [0.05, 0.1) is 5.69 Å². The Bertz CT molecular complexity index is 558. The molecule has 0 saturated heterocycles. The van der Waals surface area contributed by atoms with E-state index >= 15 is 0 Å². The van der Waals surface area contributed by atoms with Gasteiger partial charge in [-0.2, -0.15) is 5.10 Å². The van der Waals surface area contributed by atoms with Crippen LogP contribution in [0.1, 0.15) is 61.3 Å². The minimum absolute atomic E-state index is 0.488. The van der Waals surface area contributed by atoms with Crippen molar-refractivity contribution in [1.29, 1.82) is 0 Å². The molecule has 1 aliphatic carbocycles. The largest absolute Gasteiger partial charge is 0.304 e. The van der Waals surface area contributed by atoms with E-state index in [0.29, 0.717) is 12.1 Å². The summed E-state index contributed by atoms with van der Waals surface area (Å²) in [4.78, 5) is 1.57. The molecule has 1 aliphatic rings. The highest BCUT2D eigenvalue weighted by molar-refractivity contribution is 7.10. The number of fused-ring (bicyclic) bond motifs is 1. The number of rotatable bonds is 5. The van der Waals surface area contributed by atoms with Crippen LogP contribution in [-0.2, 0) is 13.0 Å². The normalized spacial score (nSPS) is 19.8. The molecule has 108 valence electrons. The lowest BCUT2D eigenvalue weighted by atomic mass is 9.94. The lowest BCUT2D eigenvalue weighted by Crippen LogP contribution is -2.24. The molecule has 0 bridgehead atoms. The highest BCUT2D eigenvalue weighted by Gasteiger charge is 2.20. The van der Waals surface area contributed by atoms with E-state index in [1.54, 1.807) is 4.88 Å². The van der Waals surface area contributed by atoms with Crippen LogP contribution < -0.4 is 5.32 Å². The van der Waals surface area contributed by atoms with E-state index in [4.69, 9.17) is 0 Å². The number of nitrogens with zero attached hydrogens (tertiary/aromatic N) is 2. The molecule has 20 heavy (non-hydrogen) atoms. The van der Waals surface area contributed by atoms with Gasteiger partial charge in [0.1, 0.15) is 0 Å². The van der Waals surface area contributed by atoms with Gasteiger partial charge in [-0.3, -0.25) is 4.68 Å². The third-order valence-electron chi connectivity index (χ3n) is 4.29. The van der Waals surface area contributed by atoms with E-state index in [1.807, 2.05) is 11.3 Å². The smallest absolute Gasteiger partial charge is 0.0762 e. The fraction of sp³-hybridized carbons (Fsp3) is 0.562. The summed E-state index contributed by atoms with van der Waals surface area (Å²) < 4.78 is 2.08. The number of hydrogen-bond donors (Lipinski definition) is 1. The fourth-order valence-corrected chi connectivity index (χ4v) is 3.82. The van der Waals surface area contributed by atoms with Gasteiger partial charge in [-0.1, -0.05) is 6.92 Å². The molecule has 0 aromatic carbocycles. The van der Waals surface area contributed by atoms with Gasteiger partial charge < -0.3 is 5.32 Å². The van der Waals surface area contributed by atoms with E-state index in [1.165, 1.54) is 24.8 Å². The standard InChI is InChI=1S/C16H23N3S/c1-3-12(2)19-9-7-13(18-19)11-17-15-5-4-6-16-14(15)8-10-20-16/h7-10,12,15,17H,3-6,11H2,1-2H3. The molecule has 1 N–H and O–H groups in total. The second kappa shape index (κ2) is 6.10. The molecule has 2 heterocycles. The minimum atomic E-state index is 0.488. The fourth-order valence-electron chi connectivity index (χ4n) is 2.83. The molecule has 0 amide bonds. The number of aryl methyl sites for hydroxylation is 1. The van der Waals surface area contributed by atoms with Crippen LogP contribution in [0.2, 0.25) is 0 Å². The minimum Gasteiger partial charge on any atom is -0.304 e. The summed E-state index contributed by atoms with van der Waals surface area (Å²) in [5, 5.41) is 10.6. The second-order valence-electron chi connectivity index (χ2n) is 5.67. The van der Waals surface area contributed by atoms with Gasteiger partial charge in [0.15, 0.2) is 0 Å². The van der Waals surface area contributed by atoms with Crippen molar-refractivity contribution in [2.45, 2.75) is 58.2 Å². The maximum Gasteiger partial charge on any atom is 0.0762 e. The predicted octanol–water partition coefficient (Wildman–Crippen LogP) is 4.08. The van der Waals surface area contributed by atoms with Crippen molar-refractivity contribution in [3.8, 4) is 0 Å². The number of aromatic nitrogens is 2. The van der Waals surface area contributed by atoms with Gasteiger partial charge in [-0.25, -0.2) is 0 Å². The van der Waals surface area contributed by atoms with E-state index in [9.17, 15) is 0 Å². The molecule has 4 heteroatoms. The first-order chi connectivity index (χ1) is 9.78. The van der Waals surface area contributed by atoms with Gasteiger partial charge >= 0.3 is 0 Å². The Labute approximate surface area is 125 Å². The first kappa shape index (κ1) is 13.8. The summed E-state index contributed by atoms with van der Waals surface area (Å²) in [6.45, 7) is 5.27. The van der Waals surface area contributed by atoms with Crippen molar-refractivity contribution in [1.82, 2.24) is 15.1 Å². The molecule has 2 aromatic heterocycles. The molecule has 2 aromatic rings. The summed E-state index contributed by atoms with van der Waals surface area (Å²) in [6.07, 6.45) is 7.02. The summed E-state index contributed by atoms with van der Waals surface area (Å²) >= 11 is 1.90. The lowest BCUT2D eigenvalue weighted by Gasteiger charge is -2.23. The van der Waals surface area contributed by atoms with Gasteiger partial charge in [0.25, 0.3) is 0 Å². The van der Waals surface area contributed by atoms with Gasteiger partial charge in [0.2, 0.25) is 0 Å². The van der Waals surface area contributed by atoms with Crippen LogP contribution >= 0.6 is 11.3 Å². The van der Waals surface area contributed by atoms with Crippen LogP contribution in [0.15, 0.2) is 23.7 Å². The van der Waals surface area contributed by atoms with Crippen molar-refractivity contribution in [3.05, 3.63) is 39.8 Å². The second-order valence-corrected chi connectivity index (χ2v) is 6.67. The average Bonchev–Trinajstić information content (AvgIpc) is 3.13. The topological polar surface area (TPSA) is 29.9 Å². The van der Waals surface area contributed by atoms with Crippen molar-refractivity contribution < 1.29 is 0 Å². The van der Waals surface area contributed by atoms with Crippen molar-refractivity contribution in [2.24, 2.45) is 0 Å². The maximum absolute atomic E-state index is 4.67. The molecule has 0 saturated carbocycles. The van der Waals surface area contributed by atoms with Gasteiger partial charge in [0, 0.05) is 29.7 Å². The molecule has 3 nitrogen and oxygen atoms in total. The Morgan fingerprint density at radius 1 is 1.50 bits per heavy atom. The monoisotopic (exact) mass is 289 g/mol. The van der Waals surface area contributed by atoms with E-state index in [2.05, 4.69) is 52.7 Å². The van der Waals surface area contributed by atoms with Crippen LogP contribution in [0.3, 0.4) is 0 Å². The Morgan fingerprint density at radius 2 is 2.40 bits per heavy atom. The molecule has 3 rings (SSSR count). The highest BCUT2D eigenvalue weighted by atomic mass is 32.1. The zero-order valence-electron chi connectivity index (χ0n) is 12.3. The van der Waals surface area contributed by atoms with Gasteiger partial charge in [-0.05, 0) is 55.7 Å². The highest BCUT2D eigenvalue weighted by Crippen LogP contribution is 2.33. The average molecular weight is 289 g/mol. The van der Waals surface area contributed by atoms with Crippen molar-refractivity contribution >= 4 is 11.3 Å². The van der Waals surface area contributed by atoms with Crippen LogP contribution in [0.5, 0.6) is 0 Å². The molecule has 0 spiro atoms. The summed E-state index contributed by atoms with van der Waals surface area (Å²) in [7, 11) is 0. The Hall–Kier alpha value is -1.13. The summed E-state index contributed by atoms with van der Waals surface area (Å²) in [5.74, 6) is 0. The quantitative estimate of drug-likeness (QED) is 0.898. The third-order valence-corrected chi connectivity index (χ3v) is 5.28. The first-order valence-corrected chi connectivity index (χ1v) is 8.49. The summed E-state index contributed by atoms with van der Waals surface area (Å²) in [5.41, 5.74) is 2.66. The Kier molecular flexibility index (Phi) is 4.22. The van der Waals surface area contributed by atoms with Crippen LogP contribution in [-0.4, -0.2) is 9.78 Å². The van der Waals surface area contributed by atoms with E-state index in [-0.39, 0.29) is 0 Å². The third kappa shape index (κ3) is 2.81. The lowest BCUT2D eigenvalue weighted by molar-refractivity contribution is 0.446. The molecule has 2 atom stereocenters. The molecule has 0 aliphatic heterocycles. The van der Waals surface area contributed by atoms with Crippen LogP contribution in [0, 0.1) is 0 Å². The molecule has 2 unspecified atom stereocenters. The molecular formula is C16H23N3S. The molecule has 0 fully saturated rings. The first-order valence-electron chi connectivity index (χ1n) is 7.61. The zero-order chi connectivity index (χ0) is 13.9. The van der Waals surface area contributed by atoms with Crippen LogP contribution in [0.25, 0.3) is 0 Å². The predicted molar refractivity (Wildman–Crippen MR) is 84.1 cm³/mol. The number of hydrogen-bond acceptors (Lipinski definition) is 3. The summed E-state index contributed by atoms with van der Waals surface area (Å²) in [6, 6.07) is 5.42. The van der Waals surface area contributed by atoms with E-state index in [0.717, 1.165) is 18.7 Å². The number of nitrogens with one attached hydrogen (secondary N) is 1.